The lowest BCUT2D eigenvalue weighted by molar-refractivity contribution is 0.402. The van der Waals surface area contributed by atoms with Gasteiger partial charge in [0, 0.05) is 0 Å². The molecule has 0 radical (unpaired) electrons. The molecule has 0 spiro atoms. The fourth-order valence-corrected chi connectivity index (χ4v) is 6.83. The van der Waals surface area contributed by atoms with Crippen molar-refractivity contribution in [2.24, 2.45) is 0 Å². The van der Waals surface area contributed by atoms with Gasteiger partial charge in [0.15, 0.2) is 23.0 Å². The second-order valence-electron chi connectivity index (χ2n) is 12.4. The number of phenols is 4. The van der Waals surface area contributed by atoms with Crippen molar-refractivity contribution in [2.45, 2.75) is 38.5 Å². The van der Waals surface area contributed by atoms with Gasteiger partial charge in [-0.25, -0.2) is 0 Å². The molecule has 6 aromatic carbocycles. The first-order valence-corrected chi connectivity index (χ1v) is 15.8. The summed E-state index contributed by atoms with van der Waals surface area (Å²) in [4.78, 5) is 0. The first-order chi connectivity index (χ1) is 22.4. The highest BCUT2D eigenvalue weighted by Crippen LogP contribution is 2.35. The van der Waals surface area contributed by atoms with Crippen molar-refractivity contribution in [1.29, 1.82) is 0 Å². The SMILES string of the molecule is Oc1cc2c(cc1O)Cc1ccccc1Cc1ccccc1Cc1cc(O)c(O)cc1Cc1ccccc1Cc1ccccc1C2. The van der Waals surface area contributed by atoms with Gasteiger partial charge < -0.3 is 20.4 Å². The molecule has 0 amide bonds. The van der Waals surface area contributed by atoms with Gasteiger partial charge in [-0.1, -0.05) is 97.1 Å². The zero-order valence-corrected chi connectivity index (χ0v) is 25.6. The fraction of sp³-hybridized carbons (Fsp3) is 0.143. The van der Waals surface area contributed by atoms with Crippen molar-refractivity contribution in [2.75, 3.05) is 0 Å². The number of hydrogen-bond acceptors (Lipinski definition) is 4. The Balaban J connectivity index is 1.42. The van der Waals surface area contributed by atoms with E-state index in [4.69, 9.17) is 0 Å². The summed E-state index contributed by atoms with van der Waals surface area (Å²) in [5.74, 6) is -0.449. The Bertz CT molecular complexity index is 1770. The first kappa shape index (κ1) is 29.2. The van der Waals surface area contributed by atoms with Crippen LogP contribution in [0.1, 0.15) is 66.8 Å². The third kappa shape index (κ3) is 6.07. The number of aromatic hydroxyl groups is 4. The van der Waals surface area contributed by atoms with Gasteiger partial charge in [-0.05, 0) is 130 Å². The van der Waals surface area contributed by atoms with Crippen LogP contribution in [0.25, 0.3) is 0 Å². The van der Waals surface area contributed by atoms with E-state index >= 15 is 0 Å². The minimum atomic E-state index is -0.112. The molecule has 1 aliphatic rings. The van der Waals surface area contributed by atoms with Crippen LogP contribution in [0.4, 0.5) is 0 Å². The minimum Gasteiger partial charge on any atom is -0.504 e. The largest absolute Gasteiger partial charge is 0.504 e. The summed E-state index contributed by atoms with van der Waals surface area (Å²) in [5.41, 5.74) is 13.3. The van der Waals surface area contributed by atoms with Crippen LogP contribution in [0.2, 0.25) is 0 Å². The molecule has 0 heterocycles. The van der Waals surface area contributed by atoms with E-state index in [-0.39, 0.29) is 23.0 Å². The average Bonchev–Trinajstić information content (AvgIpc) is 3.05. The van der Waals surface area contributed by atoms with Gasteiger partial charge in [0.05, 0.1) is 0 Å². The fourth-order valence-electron chi connectivity index (χ4n) is 6.83. The molecular formula is C42H36O4. The summed E-state index contributed by atoms with van der Waals surface area (Å²) < 4.78 is 0. The van der Waals surface area contributed by atoms with Gasteiger partial charge in [0.25, 0.3) is 0 Å². The van der Waals surface area contributed by atoms with Crippen LogP contribution in [0, 0.1) is 0 Å². The molecule has 0 fully saturated rings. The molecule has 6 aromatic rings. The Morgan fingerprint density at radius 2 is 0.391 bits per heavy atom. The molecule has 4 nitrogen and oxygen atoms in total. The standard InChI is InChI=1S/C42H36O4/c43-39-23-35-19-31-13-5-1-9-27(31)17-28-10-2-6-14-32(28)20-37-25-41(45)42(46)26-38(37)22-34-16-8-4-12-30(34)18-29-11-3-7-15-33(29)21-36(35)24-40(39)44/h1-16,23-26,43-46H,17-22H2. The van der Waals surface area contributed by atoms with E-state index in [1.165, 1.54) is 22.3 Å². The van der Waals surface area contributed by atoms with Crippen LogP contribution in [0.3, 0.4) is 0 Å². The Hall–Kier alpha value is -5.48. The average molecular weight is 605 g/mol. The molecule has 7 rings (SSSR count). The number of benzene rings is 6. The Morgan fingerprint density at radius 1 is 0.239 bits per heavy atom. The summed E-state index contributed by atoms with van der Waals surface area (Å²) in [6, 6.07) is 40.5. The van der Waals surface area contributed by atoms with Crippen LogP contribution in [0.5, 0.6) is 23.0 Å². The van der Waals surface area contributed by atoms with Crippen LogP contribution in [0.15, 0.2) is 121 Å². The lowest BCUT2D eigenvalue weighted by Gasteiger charge is -2.19. The van der Waals surface area contributed by atoms with Crippen LogP contribution >= 0.6 is 0 Å². The summed E-state index contributed by atoms with van der Waals surface area (Å²) in [6.07, 6.45) is 3.89. The molecule has 0 saturated heterocycles. The van der Waals surface area contributed by atoms with E-state index in [0.29, 0.717) is 25.7 Å². The van der Waals surface area contributed by atoms with E-state index in [0.717, 1.165) is 57.3 Å². The summed E-state index contributed by atoms with van der Waals surface area (Å²) in [5, 5.41) is 42.4. The molecule has 0 bridgehead atoms. The topological polar surface area (TPSA) is 80.9 Å². The van der Waals surface area contributed by atoms with E-state index in [2.05, 4.69) is 97.1 Å². The van der Waals surface area contributed by atoms with E-state index in [1.807, 2.05) is 0 Å². The Kier molecular flexibility index (Phi) is 7.94. The molecule has 4 N–H and O–H groups in total. The van der Waals surface area contributed by atoms with E-state index in [1.54, 1.807) is 24.3 Å². The molecule has 4 heteroatoms. The summed E-state index contributed by atoms with van der Waals surface area (Å²) in [7, 11) is 0. The van der Waals surface area contributed by atoms with E-state index in [9.17, 15) is 20.4 Å². The quantitative estimate of drug-likeness (QED) is 0.131. The van der Waals surface area contributed by atoms with Gasteiger partial charge in [-0.2, -0.15) is 0 Å². The number of hydrogen-bond donors (Lipinski definition) is 4. The predicted octanol–water partition coefficient (Wildman–Crippen LogP) is 8.37. The van der Waals surface area contributed by atoms with Crippen LogP contribution < -0.4 is 0 Å². The number of phenolic OH excluding ortho intramolecular Hbond substituents is 4. The Morgan fingerprint density at radius 3 is 0.565 bits per heavy atom. The first-order valence-electron chi connectivity index (χ1n) is 15.8. The highest BCUT2D eigenvalue weighted by atomic mass is 16.3. The zero-order chi connectivity index (χ0) is 31.6. The molecule has 1 aliphatic carbocycles. The highest BCUT2D eigenvalue weighted by Gasteiger charge is 2.18. The summed E-state index contributed by atoms with van der Waals surface area (Å²) >= 11 is 0. The molecule has 0 atom stereocenters. The van der Waals surface area contributed by atoms with Gasteiger partial charge >= 0.3 is 0 Å². The lowest BCUT2D eigenvalue weighted by Crippen LogP contribution is -2.06. The van der Waals surface area contributed by atoms with Crippen molar-refractivity contribution in [1.82, 2.24) is 0 Å². The smallest absolute Gasteiger partial charge is 0.157 e. The molecule has 0 aliphatic heterocycles. The van der Waals surface area contributed by atoms with Gasteiger partial charge in [0.2, 0.25) is 0 Å². The third-order valence-electron chi connectivity index (χ3n) is 9.35. The van der Waals surface area contributed by atoms with E-state index < -0.39 is 0 Å². The molecular weight excluding hydrogens is 568 g/mol. The van der Waals surface area contributed by atoms with Crippen molar-refractivity contribution >= 4 is 0 Å². The van der Waals surface area contributed by atoms with Gasteiger partial charge in [0.1, 0.15) is 0 Å². The zero-order valence-electron chi connectivity index (χ0n) is 25.6. The lowest BCUT2D eigenvalue weighted by atomic mass is 9.86. The van der Waals surface area contributed by atoms with Crippen molar-refractivity contribution in [3.8, 4) is 23.0 Å². The molecule has 228 valence electrons. The number of fused-ring (bicyclic) bond motifs is 6. The maximum atomic E-state index is 10.6. The molecule has 0 unspecified atom stereocenters. The van der Waals surface area contributed by atoms with Crippen molar-refractivity contribution in [3.63, 3.8) is 0 Å². The third-order valence-corrected chi connectivity index (χ3v) is 9.35. The molecule has 0 aromatic heterocycles. The van der Waals surface area contributed by atoms with Crippen LogP contribution in [-0.2, 0) is 38.5 Å². The highest BCUT2D eigenvalue weighted by molar-refractivity contribution is 5.53. The second-order valence-corrected chi connectivity index (χ2v) is 12.4. The van der Waals surface area contributed by atoms with Gasteiger partial charge in [-0.15, -0.1) is 0 Å². The normalized spacial score (nSPS) is 13.0. The maximum Gasteiger partial charge on any atom is 0.157 e. The van der Waals surface area contributed by atoms with Crippen LogP contribution in [-0.4, -0.2) is 20.4 Å². The second kappa shape index (κ2) is 12.5. The summed E-state index contributed by atoms with van der Waals surface area (Å²) in [6.45, 7) is 0. The Labute approximate surface area is 269 Å². The van der Waals surface area contributed by atoms with Crippen molar-refractivity contribution < 1.29 is 20.4 Å². The maximum absolute atomic E-state index is 10.6. The van der Waals surface area contributed by atoms with Crippen molar-refractivity contribution in [3.05, 3.63) is 188 Å². The molecule has 0 saturated carbocycles. The monoisotopic (exact) mass is 604 g/mol. The predicted molar refractivity (Wildman–Crippen MR) is 182 cm³/mol. The van der Waals surface area contributed by atoms with Gasteiger partial charge in [-0.3, -0.25) is 0 Å². The molecule has 46 heavy (non-hydrogen) atoms. The number of rotatable bonds is 0. The minimum absolute atomic E-state index is 0.112.